The molecule has 3 rings (SSSR count). The van der Waals surface area contributed by atoms with E-state index in [2.05, 4.69) is 15.5 Å². The van der Waals surface area contributed by atoms with E-state index in [1.165, 1.54) is 23.2 Å². The molecule has 2 unspecified atom stereocenters. The van der Waals surface area contributed by atoms with Crippen LogP contribution in [0.25, 0.3) is 0 Å². The maximum Gasteiger partial charge on any atom is 0.419 e. The Morgan fingerprint density at radius 1 is 1.42 bits per heavy atom. The van der Waals surface area contributed by atoms with Crippen molar-refractivity contribution in [2.24, 2.45) is 5.92 Å². The number of pyridine rings is 1. The van der Waals surface area contributed by atoms with Gasteiger partial charge in [0.2, 0.25) is 0 Å². The predicted molar refractivity (Wildman–Crippen MR) is 104 cm³/mol. The second kappa shape index (κ2) is 9.36. The van der Waals surface area contributed by atoms with Gasteiger partial charge in [0.25, 0.3) is 5.91 Å². The van der Waals surface area contributed by atoms with Crippen LogP contribution in [0.1, 0.15) is 37.5 Å². The highest BCUT2D eigenvalue weighted by Crippen LogP contribution is 2.36. The SMILES string of the molecule is CCC(OC(=O)C1CCCN(c2ncccc2C(F)(F)F)C1)C(=O)Nc1cc(C)on1. The number of esters is 1. The highest BCUT2D eigenvalue weighted by Gasteiger charge is 2.38. The Bertz CT molecular complexity index is 931. The lowest BCUT2D eigenvalue weighted by molar-refractivity contribution is -0.158. The fourth-order valence-corrected chi connectivity index (χ4v) is 3.42. The molecule has 0 radical (unpaired) electrons. The molecule has 1 fully saturated rings. The zero-order chi connectivity index (χ0) is 22.6. The van der Waals surface area contributed by atoms with Crippen LogP contribution in [-0.2, 0) is 20.5 Å². The number of nitrogens with one attached hydrogen (secondary N) is 1. The normalized spacial score (nSPS) is 17.8. The summed E-state index contributed by atoms with van der Waals surface area (Å²) >= 11 is 0. The Morgan fingerprint density at radius 3 is 2.84 bits per heavy atom. The molecular formula is C20H23F3N4O4. The van der Waals surface area contributed by atoms with Gasteiger partial charge in [-0.15, -0.1) is 0 Å². The molecule has 0 aromatic carbocycles. The molecule has 1 aliphatic rings. The molecule has 0 bridgehead atoms. The molecule has 0 saturated carbocycles. The number of rotatable bonds is 6. The number of piperidine rings is 1. The van der Waals surface area contributed by atoms with Crippen LogP contribution in [0.2, 0.25) is 0 Å². The third-order valence-electron chi connectivity index (χ3n) is 4.95. The number of hydrogen-bond donors (Lipinski definition) is 1. The maximum absolute atomic E-state index is 13.3. The van der Waals surface area contributed by atoms with E-state index in [0.29, 0.717) is 25.1 Å². The zero-order valence-electron chi connectivity index (χ0n) is 17.1. The molecule has 1 saturated heterocycles. The summed E-state index contributed by atoms with van der Waals surface area (Å²) in [6.45, 7) is 3.72. The molecular weight excluding hydrogens is 417 g/mol. The molecule has 3 heterocycles. The van der Waals surface area contributed by atoms with Crippen LogP contribution in [0.3, 0.4) is 0 Å². The fourth-order valence-electron chi connectivity index (χ4n) is 3.42. The largest absolute Gasteiger partial charge is 0.452 e. The van der Waals surface area contributed by atoms with Crippen molar-refractivity contribution in [3.8, 4) is 0 Å². The molecule has 0 aliphatic carbocycles. The average molecular weight is 440 g/mol. The van der Waals surface area contributed by atoms with Gasteiger partial charge in [-0.1, -0.05) is 12.1 Å². The Balaban J connectivity index is 1.66. The fraction of sp³-hybridized carbons (Fsp3) is 0.500. The second-order valence-corrected chi connectivity index (χ2v) is 7.30. The second-order valence-electron chi connectivity index (χ2n) is 7.30. The highest BCUT2D eigenvalue weighted by atomic mass is 19.4. The van der Waals surface area contributed by atoms with Crippen molar-refractivity contribution < 1.29 is 32.0 Å². The van der Waals surface area contributed by atoms with Gasteiger partial charge in [0.05, 0.1) is 11.5 Å². The first-order valence-electron chi connectivity index (χ1n) is 9.91. The van der Waals surface area contributed by atoms with E-state index in [1.807, 2.05) is 0 Å². The van der Waals surface area contributed by atoms with Crippen molar-refractivity contribution >= 4 is 23.5 Å². The number of halogens is 3. The molecule has 2 atom stereocenters. The number of hydrogen-bond acceptors (Lipinski definition) is 7. The molecule has 2 aromatic heterocycles. The van der Waals surface area contributed by atoms with E-state index >= 15 is 0 Å². The molecule has 2 aromatic rings. The first-order valence-corrected chi connectivity index (χ1v) is 9.91. The Kier molecular flexibility index (Phi) is 6.81. The first-order chi connectivity index (χ1) is 14.7. The molecule has 11 heteroatoms. The molecule has 1 amide bonds. The van der Waals surface area contributed by atoms with E-state index < -0.39 is 35.6 Å². The van der Waals surface area contributed by atoms with Crippen molar-refractivity contribution in [2.45, 2.75) is 45.4 Å². The van der Waals surface area contributed by atoms with Crippen LogP contribution in [-0.4, -0.2) is 41.2 Å². The van der Waals surface area contributed by atoms with Gasteiger partial charge in [-0.3, -0.25) is 9.59 Å². The van der Waals surface area contributed by atoms with Crippen LogP contribution >= 0.6 is 0 Å². The number of carbonyl (C=O) groups excluding carboxylic acids is 2. The highest BCUT2D eigenvalue weighted by molar-refractivity contribution is 5.94. The van der Waals surface area contributed by atoms with Gasteiger partial charge in [-0.05, 0) is 38.3 Å². The van der Waals surface area contributed by atoms with E-state index in [4.69, 9.17) is 9.26 Å². The van der Waals surface area contributed by atoms with Crippen LogP contribution in [0.4, 0.5) is 24.8 Å². The third kappa shape index (κ3) is 5.53. The van der Waals surface area contributed by atoms with Crippen molar-refractivity contribution in [1.29, 1.82) is 0 Å². The van der Waals surface area contributed by atoms with Gasteiger partial charge >= 0.3 is 12.1 Å². The number of carbonyl (C=O) groups is 2. The van der Waals surface area contributed by atoms with Gasteiger partial charge in [-0.25, -0.2) is 4.98 Å². The van der Waals surface area contributed by atoms with Crippen molar-refractivity contribution in [3.05, 3.63) is 35.7 Å². The van der Waals surface area contributed by atoms with E-state index in [-0.39, 0.29) is 24.6 Å². The van der Waals surface area contributed by atoms with E-state index in [9.17, 15) is 22.8 Å². The van der Waals surface area contributed by atoms with Crippen LogP contribution in [0.5, 0.6) is 0 Å². The van der Waals surface area contributed by atoms with Crippen molar-refractivity contribution in [2.75, 3.05) is 23.3 Å². The Hall–Kier alpha value is -3.11. The summed E-state index contributed by atoms with van der Waals surface area (Å²) in [6.07, 6.45) is -3.15. The standard InChI is InChI=1S/C20H23F3N4O4/c1-3-15(18(28)25-16-10-12(2)31-26-16)30-19(29)13-6-5-9-27(11-13)17-14(20(21,22)23)7-4-8-24-17/h4,7-8,10,13,15H,3,5-6,9,11H2,1-2H3,(H,25,26,28). The minimum Gasteiger partial charge on any atom is -0.452 e. The van der Waals surface area contributed by atoms with Gasteiger partial charge in [0.15, 0.2) is 11.9 Å². The lowest BCUT2D eigenvalue weighted by Gasteiger charge is -2.34. The number of anilines is 2. The number of aromatic nitrogens is 2. The first kappa shape index (κ1) is 22.6. The Labute approximate surface area is 176 Å². The van der Waals surface area contributed by atoms with Crippen molar-refractivity contribution in [3.63, 3.8) is 0 Å². The topological polar surface area (TPSA) is 97.6 Å². The molecule has 168 valence electrons. The number of ether oxygens (including phenoxy) is 1. The van der Waals surface area contributed by atoms with Crippen molar-refractivity contribution in [1.82, 2.24) is 10.1 Å². The van der Waals surface area contributed by atoms with Crippen LogP contribution in [0.15, 0.2) is 28.9 Å². The predicted octanol–water partition coefficient (Wildman–Crippen LogP) is 3.57. The summed E-state index contributed by atoms with van der Waals surface area (Å²) in [5.41, 5.74) is -0.849. The van der Waals surface area contributed by atoms with Gasteiger partial charge in [0.1, 0.15) is 11.6 Å². The minimum absolute atomic E-state index is 0.0272. The van der Waals surface area contributed by atoms with Gasteiger partial charge in [0, 0.05) is 25.4 Å². The van der Waals surface area contributed by atoms with E-state index in [0.717, 1.165) is 6.07 Å². The summed E-state index contributed by atoms with van der Waals surface area (Å²) < 4.78 is 50.3. The Morgan fingerprint density at radius 2 is 2.19 bits per heavy atom. The van der Waals surface area contributed by atoms with Crippen LogP contribution < -0.4 is 10.2 Å². The minimum atomic E-state index is -4.55. The van der Waals surface area contributed by atoms with E-state index in [1.54, 1.807) is 13.8 Å². The number of amides is 1. The van der Waals surface area contributed by atoms with Crippen LogP contribution in [0, 0.1) is 12.8 Å². The maximum atomic E-state index is 13.3. The molecule has 1 aliphatic heterocycles. The average Bonchev–Trinajstić information content (AvgIpc) is 3.15. The molecule has 8 nitrogen and oxygen atoms in total. The zero-order valence-corrected chi connectivity index (χ0v) is 17.1. The van der Waals surface area contributed by atoms with Gasteiger partial charge in [-0.2, -0.15) is 13.2 Å². The number of aryl methyl sites for hydroxylation is 1. The summed E-state index contributed by atoms with van der Waals surface area (Å²) in [6, 6.07) is 3.72. The monoisotopic (exact) mass is 440 g/mol. The third-order valence-corrected chi connectivity index (χ3v) is 4.95. The summed E-state index contributed by atoms with van der Waals surface area (Å²) in [5, 5.41) is 6.17. The summed E-state index contributed by atoms with van der Waals surface area (Å²) in [7, 11) is 0. The number of nitrogens with zero attached hydrogens (tertiary/aromatic N) is 3. The molecule has 1 N–H and O–H groups in total. The smallest absolute Gasteiger partial charge is 0.419 e. The summed E-state index contributed by atoms with van der Waals surface area (Å²) in [4.78, 5) is 30.4. The lowest BCUT2D eigenvalue weighted by Crippen LogP contribution is -2.42. The lowest BCUT2D eigenvalue weighted by atomic mass is 9.97. The molecule has 31 heavy (non-hydrogen) atoms. The number of alkyl halides is 3. The quantitative estimate of drug-likeness (QED) is 0.686. The van der Waals surface area contributed by atoms with Gasteiger partial charge < -0.3 is 19.5 Å². The summed E-state index contributed by atoms with van der Waals surface area (Å²) in [5.74, 6) is -1.36. The molecule has 0 spiro atoms.